The maximum absolute atomic E-state index is 5.35. The summed E-state index contributed by atoms with van der Waals surface area (Å²) in [6.07, 6.45) is 2.17. The van der Waals surface area contributed by atoms with Gasteiger partial charge in [0.05, 0.1) is 27.8 Å². The highest BCUT2D eigenvalue weighted by atomic mass is 15.0. The van der Waals surface area contributed by atoms with Gasteiger partial charge in [-0.15, -0.1) is 0 Å². The number of para-hydroxylation sites is 3. The van der Waals surface area contributed by atoms with Crippen LogP contribution in [0.3, 0.4) is 0 Å². The molecule has 3 aromatic heterocycles. The molecule has 56 heavy (non-hydrogen) atoms. The molecule has 0 aliphatic carbocycles. The summed E-state index contributed by atoms with van der Waals surface area (Å²) in [6.45, 7) is 0. The fraction of sp³-hybridized carbons (Fsp3) is 0. The van der Waals surface area contributed by atoms with Crippen molar-refractivity contribution in [2.24, 2.45) is 0 Å². The number of fused-ring (bicyclic) bond motifs is 5. The van der Waals surface area contributed by atoms with Crippen molar-refractivity contribution >= 4 is 43.6 Å². The van der Waals surface area contributed by atoms with E-state index in [-0.39, 0.29) is 0 Å². The molecule has 0 radical (unpaired) electrons. The number of aromatic nitrogens is 4. The number of hydrogen-bond acceptors (Lipinski definition) is 2. The summed E-state index contributed by atoms with van der Waals surface area (Å²) in [5, 5.41) is 4.71. The molecule has 0 spiro atoms. The number of benzene rings is 8. The molecule has 0 fully saturated rings. The number of rotatable bonds is 6. The lowest BCUT2D eigenvalue weighted by molar-refractivity contribution is 1.12. The van der Waals surface area contributed by atoms with E-state index in [1.165, 1.54) is 43.8 Å². The second-order valence-corrected chi connectivity index (χ2v) is 14.3. The van der Waals surface area contributed by atoms with Crippen molar-refractivity contribution in [1.29, 1.82) is 0 Å². The van der Waals surface area contributed by atoms with Crippen LogP contribution >= 0.6 is 0 Å². The summed E-state index contributed by atoms with van der Waals surface area (Å²) in [7, 11) is 0. The molecule has 11 rings (SSSR count). The van der Waals surface area contributed by atoms with Gasteiger partial charge in [-0.05, 0) is 107 Å². The minimum absolute atomic E-state index is 0.696. The topological polar surface area (TPSA) is 35.6 Å². The maximum atomic E-state index is 5.35. The molecule has 4 heteroatoms. The third kappa shape index (κ3) is 5.39. The van der Waals surface area contributed by atoms with Gasteiger partial charge in [-0.25, -0.2) is 9.97 Å². The molecule has 0 aliphatic rings. The first-order valence-corrected chi connectivity index (χ1v) is 19.0. The van der Waals surface area contributed by atoms with Gasteiger partial charge < -0.3 is 9.13 Å². The Hall–Kier alpha value is -7.56. The molecule has 0 amide bonds. The maximum Gasteiger partial charge on any atom is 0.160 e. The normalized spacial score (nSPS) is 11.6. The van der Waals surface area contributed by atoms with E-state index in [1.54, 1.807) is 0 Å². The number of nitrogens with zero attached hydrogens (tertiary/aromatic N) is 4. The van der Waals surface area contributed by atoms with E-state index >= 15 is 0 Å². The highest BCUT2D eigenvalue weighted by Crippen LogP contribution is 2.38. The first-order chi connectivity index (χ1) is 27.7. The molecule has 11 aromatic rings. The monoisotopic (exact) mass is 714 g/mol. The summed E-state index contributed by atoms with van der Waals surface area (Å²) in [5.41, 5.74) is 14.2. The molecule has 262 valence electrons. The van der Waals surface area contributed by atoms with Gasteiger partial charge in [0.25, 0.3) is 0 Å². The van der Waals surface area contributed by atoms with Gasteiger partial charge in [-0.3, -0.25) is 0 Å². The van der Waals surface area contributed by atoms with Gasteiger partial charge in [0.1, 0.15) is 0 Å². The summed E-state index contributed by atoms with van der Waals surface area (Å²) >= 11 is 0. The first kappa shape index (κ1) is 31.9. The molecule has 0 N–H and O–H groups in total. The Labute approximate surface area is 324 Å². The summed E-state index contributed by atoms with van der Waals surface area (Å²) in [6, 6.07) is 71.1. The Morgan fingerprint density at radius 2 is 0.946 bits per heavy atom. The van der Waals surface area contributed by atoms with Crippen molar-refractivity contribution in [3.8, 4) is 56.3 Å². The van der Waals surface area contributed by atoms with Crippen LogP contribution in [0.25, 0.3) is 99.9 Å². The Bertz CT molecular complexity index is 3160. The van der Waals surface area contributed by atoms with Crippen LogP contribution in [0.15, 0.2) is 206 Å². The molecular formula is C52H34N4. The van der Waals surface area contributed by atoms with Gasteiger partial charge in [0.15, 0.2) is 5.82 Å². The van der Waals surface area contributed by atoms with Gasteiger partial charge in [0.2, 0.25) is 0 Å². The first-order valence-electron chi connectivity index (χ1n) is 19.0. The highest BCUT2D eigenvalue weighted by molar-refractivity contribution is 6.13. The molecule has 8 aromatic carbocycles. The van der Waals surface area contributed by atoms with Crippen LogP contribution in [0.1, 0.15) is 0 Å². The van der Waals surface area contributed by atoms with E-state index in [0.29, 0.717) is 5.82 Å². The van der Waals surface area contributed by atoms with E-state index in [4.69, 9.17) is 9.97 Å². The Balaban J connectivity index is 1.06. The van der Waals surface area contributed by atoms with Crippen LogP contribution in [0.5, 0.6) is 0 Å². The van der Waals surface area contributed by atoms with Crippen molar-refractivity contribution in [3.05, 3.63) is 206 Å². The Morgan fingerprint density at radius 3 is 1.66 bits per heavy atom. The zero-order valence-corrected chi connectivity index (χ0v) is 30.4. The van der Waals surface area contributed by atoms with Gasteiger partial charge >= 0.3 is 0 Å². The predicted octanol–water partition coefficient (Wildman–Crippen LogP) is 13.3. The summed E-state index contributed by atoms with van der Waals surface area (Å²) in [5.74, 6) is 0.696. The average molecular weight is 715 g/mol. The van der Waals surface area contributed by atoms with E-state index in [0.717, 1.165) is 50.2 Å². The van der Waals surface area contributed by atoms with E-state index < -0.39 is 0 Å². The van der Waals surface area contributed by atoms with E-state index in [9.17, 15) is 0 Å². The lowest BCUT2D eigenvalue weighted by Gasteiger charge is -2.14. The highest BCUT2D eigenvalue weighted by Gasteiger charge is 2.17. The standard InChI is InChI=1S/C52H34N4/c1-4-14-35(15-5-1)39-30-40(36-16-6-2-7-17-36)32-41(31-39)51-45-21-10-12-22-47(45)53-52(54-51)37-24-26-43(27-25-37)56-48-23-13-11-20-44(48)46-33-38-28-29-55(49(38)34-50(46)56)42-18-8-3-9-19-42/h1-34H. The molecule has 0 bridgehead atoms. The van der Waals surface area contributed by atoms with E-state index in [1.807, 2.05) is 0 Å². The zero-order valence-electron chi connectivity index (χ0n) is 30.4. The molecule has 0 aliphatic heterocycles. The van der Waals surface area contributed by atoms with Crippen LogP contribution in [-0.4, -0.2) is 19.1 Å². The van der Waals surface area contributed by atoms with Crippen LogP contribution < -0.4 is 0 Å². The molecule has 0 atom stereocenters. The molecule has 4 nitrogen and oxygen atoms in total. The largest absolute Gasteiger partial charge is 0.316 e. The zero-order chi connectivity index (χ0) is 37.0. The summed E-state index contributed by atoms with van der Waals surface area (Å²) < 4.78 is 4.65. The van der Waals surface area contributed by atoms with Crippen molar-refractivity contribution in [2.45, 2.75) is 0 Å². The SMILES string of the molecule is c1ccc(-c2cc(-c3ccccc3)cc(-c3nc(-c4ccc(-n5c6ccccc6c6cc7ccn(-c8ccccc8)c7cc65)cc4)nc4ccccc34)c2)cc1. The fourth-order valence-electron chi connectivity index (χ4n) is 8.23. The van der Waals surface area contributed by atoms with Crippen LogP contribution in [0.2, 0.25) is 0 Å². The Kier molecular flexibility index (Phi) is 7.46. The molecule has 0 saturated carbocycles. The average Bonchev–Trinajstić information content (AvgIpc) is 3.84. The van der Waals surface area contributed by atoms with Crippen LogP contribution in [0.4, 0.5) is 0 Å². The van der Waals surface area contributed by atoms with Gasteiger partial charge in [-0.1, -0.05) is 115 Å². The minimum Gasteiger partial charge on any atom is -0.316 e. The second kappa shape index (κ2) is 13.1. The van der Waals surface area contributed by atoms with Crippen molar-refractivity contribution in [1.82, 2.24) is 19.1 Å². The second-order valence-electron chi connectivity index (χ2n) is 14.3. The fourth-order valence-corrected chi connectivity index (χ4v) is 8.23. The van der Waals surface area contributed by atoms with Gasteiger partial charge in [0, 0.05) is 50.2 Å². The third-order valence-corrected chi connectivity index (χ3v) is 10.9. The third-order valence-electron chi connectivity index (χ3n) is 10.9. The summed E-state index contributed by atoms with van der Waals surface area (Å²) in [4.78, 5) is 10.5. The lowest BCUT2D eigenvalue weighted by Crippen LogP contribution is -1.97. The van der Waals surface area contributed by atoms with Crippen molar-refractivity contribution in [3.63, 3.8) is 0 Å². The molecule has 0 unspecified atom stereocenters. The molecular weight excluding hydrogens is 681 g/mol. The predicted molar refractivity (Wildman–Crippen MR) is 232 cm³/mol. The van der Waals surface area contributed by atoms with Crippen molar-refractivity contribution < 1.29 is 0 Å². The van der Waals surface area contributed by atoms with Crippen LogP contribution in [0, 0.1) is 0 Å². The lowest BCUT2D eigenvalue weighted by atomic mass is 9.94. The molecule has 0 saturated heterocycles. The smallest absolute Gasteiger partial charge is 0.160 e. The number of hydrogen-bond donors (Lipinski definition) is 0. The quantitative estimate of drug-likeness (QED) is 0.172. The minimum atomic E-state index is 0.696. The molecule has 3 heterocycles. The van der Waals surface area contributed by atoms with Gasteiger partial charge in [-0.2, -0.15) is 0 Å². The Morgan fingerprint density at radius 1 is 0.339 bits per heavy atom. The van der Waals surface area contributed by atoms with E-state index in [2.05, 4.69) is 216 Å². The van der Waals surface area contributed by atoms with Crippen molar-refractivity contribution in [2.75, 3.05) is 0 Å². The van der Waals surface area contributed by atoms with Crippen LogP contribution in [-0.2, 0) is 0 Å².